The molecule has 3 heteroatoms. The highest BCUT2D eigenvalue weighted by Crippen LogP contribution is 2.05. The fourth-order valence-corrected chi connectivity index (χ4v) is 1.46. The van der Waals surface area contributed by atoms with Gasteiger partial charge in [0.15, 0.2) is 0 Å². The van der Waals surface area contributed by atoms with E-state index >= 15 is 0 Å². The smallest absolute Gasteiger partial charge is 0.0925 e. The summed E-state index contributed by atoms with van der Waals surface area (Å²) < 4.78 is 0. The van der Waals surface area contributed by atoms with Gasteiger partial charge in [-0.3, -0.25) is 0 Å². The lowest BCUT2D eigenvalue weighted by Gasteiger charge is -1.94. The first-order valence-corrected chi connectivity index (χ1v) is 4.34. The molecule has 0 aromatic carbocycles. The van der Waals surface area contributed by atoms with Gasteiger partial charge in [-0.15, -0.1) is 11.3 Å². The maximum Gasteiger partial charge on any atom is 0.0925 e. The molecular weight excluding hydrogens is 144 g/mol. The summed E-state index contributed by atoms with van der Waals surface area (Å²) in [5.74, 6) is 0. The van der Waals surface area contributed by atoms with Crippen LogP contribution in [0.25, 0.3) is 0 Å². The molecule has 0 atom stereocenters. The van der Waals surface area contributed by atoms with Crippen molar-refractivity contribution in [2.24, 2.45) is 0 Å². The number of aryl methyl sites for hydroxylation is 1. The van der Waals surface area contributed by atoms with Crippen LogP contribution in [-0.4, -0.2) is 18.6 Å². The van der Waals surface area contributed by atoms with Crippen molar-refractivity contribution < 1.29 is 0 Å². The number of hydrogen-bond donors (Lipinski definition) is 1. The Hall–Kier alpha value is -0.410. The van der Waals surface area contributed by atoms with E-state index in [4.69, 9.17) is 0 Å². The zero-order chi connectivity index (χ0) is 7.23. The van der Waals surface area contributed by atoms with Gasteiger partial charge in [-0.05, 0) is 20.0 Å². The molecule has 0 aliphatic rings. The molecule has 0 saturated heterocycles. The lowest BCUT2D eigenvalue weighted by Crippen LogP contribution is -2.08. The first kappa shape index (κ1) is 7.69. The van der Waals surface area contributed by atoms with Gasteiger partial charge in [0, 0.05) is 18.0 Å². The van der Waals surface area contributed by atoms with E-state index < -0.39 is 0 Å². The summed E-state index contributed by atoms with van der Waals surface area (Å²) >= 11 is 1.73. The van der Waals surface area contributed by atoms with Gasteiger partial charge in [-0.2, -0.15) is 0 Å². The van der Waals surface area contributed by atoms with Crippen LogP contribution in [0, 0.1) is 0 Å². The number of nitrogens with one attached hydrogen (secondary N) is 1. The Labute approximate surface area is 65.3 Å². The molecule has 56 valence electrons. The van der Waals surface area contributed by atoms with E-state index in [0.29, 0.717) is 0 Å². The summed E-state index contributed by atoms with van der Waals surface area (Å²) in [5.41, 5.74) is 0. The predicted molar refractivity (Wildman–Crippen MR) is 44.4 cm³/mol. The van der Waals surface area contributed by atoms with Crippen LogP contribution >= 0.6 is 11.3 Å². The van der Waals surface area contributed by atoms with Crippen molar-refractivity contribution in [3.8, 4) is 0 Å². The molecule has 10 heavy (non-hydrogen) atoms. The number of rotatable bonds is 4. The Morgan fingerprint density at radius 1 is 1.70 bits per heavy atom. The van der Waals surface area contributed by atoms with Gasteiger partial charge >= 0.3 is 0 Å². The molecule has 0 aliphatic carbocycles. The van der Waals surface area contributed by atoms with Gasteiger partial charge in [0.05, 0.1) is 5.01 Å². The summed E-state index contributed by atoms with van der Waals surface area (Å²) in [6.07, 6.45) is 4.15. The van der Waals surface area contributed by atoms with Crippen molar-refractivity contribution in [2.75, 3.05) is 13.6 Å². The van der Waals surface area contributed by atoms with Crippen molar-refractivity contribution >= 4 is 11.3 Å². The maximum absolute atomic E-state index is 4.18. The molecule has 0 saturated carbocycles. The highest BCUT2D eigenvalue weighted by atomic mass is 32.1. The third-order valence-corrected chi connectivity index (χ3v) is 2.14. The highest BCUT2D eigenvalue weighted by molar-refractivity contribution is 7.09. The van der Waals surface area contributed by atoms with Crippen molar-refractivity contribution in [1.82, 2.24) is 10.3 Å². The minimum Gasteiger partial charge on any atom is -0.320 e. The highest BCUT2D eigenvalue weighted by Gasteiger charge is 1.92. The minimum absolute atomic E-state index is 1.08. The topological polar surface area (TPSA) is 24.9 Å². The lowest BCUT2D eigenvalue weighted by atomic mass is 10.3. The Kier molecular flexibility index (Phi) is 3.40. The van der Waals surface area contributed by atoms with E-state index in [-0.39, 0.29) is 0 Å². The Morgan fingerprint density at radius 2 is 2.60 bits per heavy atom. The molecule has 0 fully saturated rings. The molecule has 2 nitrogen and oxygen atoms in total. The second kappa shape index (κ2) is 4.41. The van der Waals surface area contributed by atoms with Gasteiger partial charge in [-0.25, -0.2) is 4.98 Å². The summed E-state index contributed by atoms with van der Waals surface area (Å²) in [6.45, 7) is 1.08. The van der Waals surface area contributed by atoms with Crippen molar-refractivity contribution in [3.05, 3.63) is 16.6 Å². The standard InChI is InChI=1S/C7H12N2S/c1-8-4-2-3-7-9-5-6-10-7/h5-6,8H,2-4H2,1H3. The number of nitrogens with zero attached hydrogens (tertiary/aromatic N) is 1. The average Bonchev–Trinajstić information content (AvgIpc) is 2.41. The van der Waals surface area contributed by atoms with E-state index in [2.05, 4.69) is 10.3 Å². The fraction of sp³-hybridized carbons (Fsp3) is 0.571. The second-order valence-corrected chi connectivity index (χ2v) is 3.11. The Bertz CT molecular complexity index is 160. The third-order valence-electron chi connectivity index (χ3n) is 1.30. The van der Waals surface area contributed by atoms with Gasteiger partial charge < -0.3 is 5.32 Å². The minimum atomic E-state index is 1.08. The van der Waals surface area contributed by atoms with Crippen LogP contribution in [-0.2, 0) is 6.42 Å². The van der Waals surface area contributed by atoms with E-state index in [1.165, 1.54) is 11.4 Å². The number of hydrogen-bond acceptors (Lipinski definition) is 3. The lowest BCUT2D eigenvalue weighted by molar-refractivity contribution is 0.722. The van der Waals surface area contributed by atoms with Crippen molar-refractivity contribution in [1.29, 1.82) is 0 Å². The van der Waals surface area contributed by atoms with Crippen LogP contribution in [0.4, 0.5) is 0 Å². The molecule has 1 rings (SSSR count). The summed E-state index contributed by atoms with van der Waals surface area (Å²) in [6, 6.07) is 0. The van der Waals surface area contributed by atoms with Gasteiger partial charge in [0.2, 0.25) is 0 Å². The van der Waals surface area contributed by atoms with Crippen LogP contribution in [0.3, 0.4) is 0 Å². The van der Waals surface area contributed by atoms with Crippen LogP contribution in [0.5, 0.6) is 0 Å². The SMILES string of the molecule is CNCCCc1nccs1. The number of aromatic nitrogens is 1. The molecule has 0 radical (unpaired) electrons. The van der Waals surface area contributed by atoms with Gasteiger partial charge in [0.1, 0.15) is 0 Å². The molecule has 0 aliphatic heterocycles. The predicted octanol–water partition coefficient (Wildman–Crippen LogP) is 1.30. The van der Waals surface area contributed by atoms with Gasteiger partial charge in [-0.1, -0.05) is 0 Å². The van der Waals surface area contributed by atoms with Crippen LogP contribution < -0.4 is 5.32 Å². The van der Waals surface area contributed by atoms with Crippen LogP contribution in [0.2, 0.25) is 0 Å². The molecule has 1 aromatic heterocycles. The fourth-order valence-electron chi connectivity index (χ4n) is 0.793. The molecule has 1 heterocycles. The Morgan fingerprint density at radius 3 is 3.20 bits per heavy atom. The molecule has 1 N–H and O–H groups in total. The molecule has 0 bridgehead atoms. The summed E-state index contributed by atoms with van der Waals surface area (Å²) in [7, 11) is 1.97. The van der Waals surface area contributed by atoms with E-state index in [1.807, 2.05) is 18.6 Å². The van der Waals surface area contributed by atoms with Gasteiger partial charge in [0.25, 0.3) is 0 Å². The monoisotopic (exact) mass is 156 g/mol. The summed E-state index contributed by atoms with van der Waals surface area (Å²) in [4.78, 5) is 4.18. The molecule has 0 unspecified atom stereocenters. The normalized spacial score (nSPS) is 10.1. The largest absolute Gasteiger partial charge is 0.320 e. The first-order valence-electron chi connectivity index (χ1n) is 3.46. The molecular formula is C7H12N2S. The third kappa shape index (κ3) is 2.45. The average molecular weight is 156 g/mol. The van der Waals surface area contributed by atoms with Crippen molar-refractivity contribution in [3.63, 3.8) is 0 Å². The second-order valence-electron chi connectivity index (χ2n) is 2.13. The zero-order valence-corrected chi connectivity index (χ0v) is 6.95. The summed E-state index contributed by atoms with van der Waals surface area (Å²) in [5, 5.41) is 6.38. The van der Waals surface area contributed by atoms with Crippen molar-refractivity contribution in [2.45, 2.75) is 12.8 Å². The molecule has 1 aromatic rings. The first-order chi connectivity index (χ1) is 4.93. The van der Waals surface area contributed by atoms with Crippen LogP contribution in [0.1, 0.15) is 11.4 Å². The van der Waals surface area contributed by atoms with E-state index in [0.717, 1.165) is 13.0 Å². The maximum atomic E-state index is 4.18. The quantitative estimate of drug-likeness (QED) is 0.665. The molecule has 0 amide bonds. The molecule has 0 spiro atoms. The number of thiazole rings is 1. The van der Waals surface area contributed by atoms with E-state index in [1.54, 1.807) is 11.3 Å². The Balaban J connectivity index is 2.15. The van der Waals surface area contributed by atoms with Crippen LogP contribution in [0.15, 0.2) is 11.6 Å². The zero-order valence-electron chi connectivity index (χ0n) is 6.13. The van der Waals surface area contributed by atoms with E-state index in [9.17, 15) is 0 Å².